The molecule has 0 saturated heterocycles. The molecule has 1 aliphatic rings. The van der Waals surface area contributed by atoms with Crippen molar-refractivity contribution < 1.29 is 9.53 Å². The van der Waals surface area contributed by atoms with Crippen LogP contribution in [0.5, 0.6) is 0 Å². The van der Waals surface area contributed by atoms with Crippen LogP contribution >= 0.6 is 0 Å². The van der Waals surface area contributed by atoms with Gasteiger partial charge in [-0.15, -0.1) is 0 Å². The molecule has 0 fully saturated rings. The fourth-order valence-corrected chi connectivity index (χ4v) is 2.14. The van der Waals surface area contributed by atoms with Crippen molar-refractivity contribution in [3.05, 3.63) is 35.4 Å². The minimum absolute atomic E-state index is 0.0795. The maximum Gasteiger partial charge on any atom is 0.256 e. The number of carbonyl (C=O) groups excluding carboxylic acids is 1. The summed E-state index contributed by atoms with van der Waals surface area (Å²) < 4.78 is 5.54. The number of fused-ring (bicyclic) bond motifs is 1. The molecule has 0 unspecified atom stereocenters. The quantitative estimate of drug-likeness (QED) is 0.587. The van der Waals surface area contributed by atoms with Crippen LogP contribution in [0.3, 0.4) is 0 Å². The first kappa shape index (κ1) is 13.2. The molecule has 2 radical (unpaired) electrons. The molecule has 2 rings (SSSR count). The number of nitrogens with zero attached hydrogens (tertiary/aromatic N) is 1. The standard InChI is InChI=1S/C14H18BNO2/c15-8-4-1-5-9-16-11-18-10-12-6-2-3-7-13(12)14(16)17/h2-3,6-7H,1,4-5,8-11H2. The highest BCUT2D eigenvalue weighted by Crippen LogP contribution is 2.17. The van der Waals surface area contributed by atoms with Gasteiger partial charge in [0, 0.05) is 12.1 Å². The number of ether oxygens (including phenoxy) is 1. The number of unbranched alkanes of at least 4 members (excludes halogenated alkanes) is 2. The van der Waals surface area contributed by atoms with E-state index in [4.69, 9.17) is 12.6 Å². The Hall–Kier alpha value is -1.29. The second-order valence-electron chi connectivity index (χ2n) is 4.55. The third kappa shape index (κ3) is 3.13. The molecule has 4 heteroatoms. The number of hydrogen-bond donors (Lipinski definition) is 0. The lowest BCUT2D eigenvalue weighted by molar-refractivity contribution is 0.0237. The van der Waals surface area contributed by atoms with Gasteiger partial charge in [0.1, 0.15) is 6.73 Å². The van der Waals surface area contributed by atoms with Gasteiger partial charge < -0.3 is 9.64 Å². The van der Waals surface area contributed by atoms with E-state index in [1.807, 2.05) is 24.3 Å². The van der Waals surface area contributed by atoms with Gasteiger partial charge in [-0.25, -0.2) is 0 Å². The van der Waals surface area contributed by atoms with E-state index in [0.717, 1.165) is 36.9 Å². The normalized spacial score (nSPS) is 15.3. The van der Waals surface area contributed by atoms with Crippen LogP contribution in [0.4, 0.5) is 0 Å². The van der Waals surface area contributed by atoms with Gasteiger partial charge in [0.25, 0.3) is 5.91 Å². The van der Waals surface area contributed by atoms with Gasteiger partial charge in [0.2, 0.25) is 0 Å². The molecule has 0 saturated carbocycles. The summed E-state index contributed by atoms with van der Waals surface area (Å²) in [5.41, 5.74) is 1.75. The molecule has 0 N–H and O–H groups in total. The first-order valence-corrected chi connectivity index (χ1v) is 6.48. The Kier molecular flexibility index (Phi) is 4.82. The highest BCUT2D eigenvalue weighted by Gasteiger charge is 2.21. The topological polar surface area (TPSA) is 29.5 Å². The average Bonchev–Trinajstić information content (AvgIpc) is 2.56. The van der Waals surface area contributed by atoms with Crippen LogP contribution in [0.2, 0.25) is 6.32 Å². The van der Waals surface area contributed by atoms with Crippen LogP contribution in [0, 0.1) is 0 Å². The van der Waals surface area contributed by atoms with E-state index in [1.165, 1.54) is 0 Å². The van der Waals surface area contributed by atoms with Crippen molar-refractivity contribution in [2.45, 2.75) is 32.2 Å². The van der Waals surface area contributed by atoms with Crippen molar-refractivity contribution in [1.82, 2.24) is 4.90 Å². The first-order chi connectivity index (χ1) is 8.83. The summed E-state index contributed by atoms with van der Waals surface area (Å²) in [6.07, 6.45) is 3.77. The lowest BCUT2D eigenvalue weighted by atomic mass is 9.99. The summed E-state index contributed by atoms with van der Waals surface area (Å²) in [6, 6.07) is 7.66. The minimum Gasteiger partial charge on any atom is -0.356 e. The number of benzene rings is 1. The van der Waals surface area contributed by atoms with Crippen molar-refractivity contribution in [3.8, 4) is 0 Å². The third-order valence-electron chi connectivity index (χ3n) is 3.17. The zero-order chi connectivity index (χ0) is 12.8. The van der Waals surface area contributed by atoms with Crippen LogP contribution in [-0.4, -0.2) is 31.9 Å². The number of rotatable bonds is 5. The van der Waals surface area contributed by atoms with Crippen LogP contribution in [0.1, 0.15) is 35.2 Å². The Balaban J connectivity index is 1.99. The molecule has 18 heavy (non-hydrogen) atoms. The molecule has 0 spiro atoms. The molecule has 1 aromatic rings. The van der Waals surface area contributed by atoms with E-state index in [-0.39, 0.29) is 5.91 Å². The van der Waals surface area contributed by atoms with E-state index in [0.29, 0.717) is 19.7 Å². The van der Waals surface area contributed by atoms with Gasteiger partial charge in [-0.2, -0.15) is 0 Å². The van der Waals surface area contributed by atoms with E-state index in [1.54, 1.807) is 4.90 Å². The predicted molar refractivity (Wildman–Crippen MR) is 71.5 cm³/mol. The molecule has 0 atom stereocenters. The van der Waals surface area contributed by atoms with Gasteiger partial charge in [0.15, 0.2) is 0 Å². The molecule has 1 amide bonds. The fraction of sp³-hybridized carbons (Fsp3) is 0.500. The molecular weight excluding hydrogens is 225 g/mol. The zero-order valence-electron chi connectivity index (χ0n) is 10.6. The summed E-state index contributed by atoms with van der Waals surface area (Å²) in [5.74, 6) is 0.0795. The lowest BCUT2D eigenvalue weighted by Crippen LogP contribution is -2.32. The maximum absolute atomic E-state index is 12.3. The Morgan fingerprint density at radius 1 is 1.22 bits per heavy atom. The van der Waals surface area contributed by atoms with Crippen LogP contribution in [-0.2, 0) is 11.3 Å². The second kappa shape index (κ2) is 6.59. The zero-order valence-corrected chi connectivity index (χ0v) is 10.6. The minimum atomic E-state index is 0.0795. The largest absolute Gasteiger partial charge is 0.356 e. The Bertz CT molecular complexity index is 409. The highest BCUT2D eigenvalue weighted by molar-refractivity contribution is 6.08. The molecule has 0 aromatic heterocycles. The summed E-state index contributed by atoms with van der Waals surface area (Å²) in [5, 5.41) is 0. The molecule has 1 aromatic carbocycles. The fourth-order valence-electron chi connectivity index (χ4n) is 2.14. The van der Waals surface area contributed by atoms with Crippen molar-refractivity contribution in [1.29, 1.82) is 0 Å². The summed E-state index contributed by atoms with van der Waals surface area (Å²) in [7, 11) is 5.46. The summed E-state index contributed by atoms with van der Waals surface area (Å²) in [6.45, 7) is 1.64. The van der Waals surface area contributed by atoms with Crippen molar-refractivity contribution in [2.75, 3.05) is 13.3 Å². The van der Waals surface area contributed by atoms with E-state index < -0.39 is 0 Å². The third-order valence-corrected chi connectivity index (χ3v) is 3.17. The highest BCUT2D eigenvalue weighted by atomic mass is 16.5. The van der Waals surface area contributed by atoms with Crippen molar-refractivity contribution >= 4 is 13.8 Å². The van der Waals surface area contributed by atoms with Crippen LogP contribution in [0.15, 0.2) is 24.3 Å². The summed E-state index contributed by atoms with van der Waals surface area (Å²) in [4.78, 5) is 14.1. The smallest absolute Gasteiger partial charge is 0.256 e. The molecular formula is C14H18BNO2. The lowest BCUT2D eigenvalue weighted by Gasteiger charge is -2.20. The molecule has 0 bridgehead atoms. The molecule has 1 heterocycles. The SMILES string of the molecule is [B]CCCCCN1COCc2ccccc2C1=O. The van der Waals surface area contributed by atoms with Crippen molar-refractivity contribution in [3.63, 3.8) is 0 Å². The van der Waals surface area contributed by atoms with Crippen LogP contribution in [0.25, 0.3) is 0 Å². The van der Waals surface area contributed by atoms with Gasteiger partial charge >= 0.3 is 0 Å². The Morgan fingerprint density at radius 3 is 2.89 bits per heavy atom. The Morgan fingerprint density at radius 2 is 2.06 bits per heavy atom. The van der Waals surface area contributed by atoms with E-state index in [9.17, 15) is 4.79 Å². The first-order valence-electron chi connectivity index (χ1n) is 6.48. The maximum atomic E-state index is 12.3. The molecule has 94 valence electrons. The van der Waals surface area contributed by atoms with Gasteiger partial charge in [-0.05, 0) is 18.1 Å². The Labute approximate surface area is 110 Å². The number of carbonyl (C=O) groups is 1. The average molecular weight is 243 g/mol. The predicted octanol–water partition coefficient (Wildman–Crippen LogP) is 2.37. The van der Waals surface area contributed by atoms with Crippen molar-refractivity contribution in [2.24, 2.45) is 0 Å². The number of amides is 1. The van der Waals surface area contributed by atoms with Gasteiger partial charge in [-0.1, -0.05) is 37.4 Å². The second-order valence-corrected chi connectivity index (χ2v) is 4.55. The van der Waals surface area contributed by atoms with E-state index in [2.05, 4.69) is 0 Å². The van der Waals surface area contributed by atoms with Gasteiger partial charge in [0.05, 0.1) is 14.5 Å². The van der Waals surface area contributed by atoms with Gasteiger partial charge in [-0.3, -0.25) is 4.79 Å². The molecule has 0 aliphatic carbocycles. The number of hydrogen-bond acceptors (Lipinski definition) is 2. The monoisotopic (exact) mass is 243 g/mol. The molecule has 3 nitrogen and oxygen atoms in total. The van der Waals surface area contributed by atoms with E-state index >= 15 is 0 Å². The van der Waals surface area contributed by atoms with Crippen LogP contribution < -0.4 is 0 Å². The molecule has 1 aliphatic heterocycles. The summed E-state index contributed by atoms with van der Waals surface area (Å²) >= 11 is 0.